The molecule has 2 heterocycles. The van der Waals surface area contributed by atoms with Gasteiger partial charge in [0.25, 0.3) is 5.91 Å². The molecule has 1 N–H and O–H groups in total. The lowest BCUT2D eigenvalue weighted by Crippen LogP contribution is -2.33. The second-order valence-electron chi connectivity index (χ2n) is 5.80. The quantitative estimate of drug-likeness (QED) is 0.656. The molecule has 3 rings (SSSR count). The van der Waals surface area contributed by atoms with E-state index in [9.17, 15) is 9.59 Å². The molecular weight excluding hydrogens is 344 g/mol. The van der Waals surface area contributed by atoms with E-state index in [0.717, 1.165) is 35.3 Å². The first-order valence-electron chi connectivity index (χ1n) is 7.87. The molecule has 2 fully saturated rings. The summed E-state index contributed by atoms with van der Waals surface area (Å²) in [6.45, 7) is 1.79. The molecular formula is C17H18N2O3S2. The maximum atomic E-state index is 12.2. The largest absolute Gasteiger partial charge is 0.480 e. The van der Waals surface area contributed by atoms with Crippen LogP contribution in [0.2, 0.25) is 0 Å². The molecule has 126 valence electrons. The topological polar surface area (TPSA) is 60.9 Å². The lowest BCUT2D eigenvalue weighted by Gasteiger charge is -2.28. The molecule has 0 aliphatic carbocycles. The predicted molar refractivity (Wildman–Crippen MR) is 100 cm³/mol. The van der Waals surface area contributed by atoms with Gasteiger partial charge in [-0.05, 0) is 43.0 Å². The van der Waals surface area contributed by atoms with Crippen LogP contribution in [-0.4, -0.2) is 45.8 Å². The average molecular weight is 362 g/mol. The van der Waals surface area contributed by atoms with Crippen molar-refractivity contribution in [2.75, 3.05) is 24.5 Å². The fourth-order valence-electron chi connectivity index (χ4n) is 2.86. The molecule has 24 heavy (non-hydrogen) atoms. The number of piperidine rings is 1. The van der Waals surface area contributed by atoms with Crippen molar-refractivity contribution in [3.05, 3.63) is 34.7 Å². The molecule has 2 aliphatic heterocycles. The maximum absolute atomic E-state index is 12.2. The third kappa shape index (κ3) is 3.79. The number of anilines is 1. The van der Waals surface area contributed by atoms with Crippen molar-refractivity contribution in [3.63, 3.8) is 0 Å². The van der Waals surface area contributed by atoms with Crippen molar-refractivity contribution in [1.29, 1.82) is 0 Å². The van der Waals surface area contributed by atoms with Crippen molar-refractivity contribution in [1.82, 2.24) is 4.90 Å². The number of nitrogens with zero attached hydrogens (tertiary/aromatic N) is 2. The predicted octanol–water partition coefficient (Wildman–Crippen LogP) is 2.96. The van der Waals surface area contributed by atoms with E-state index in [4.69, 9.17) is 17.3 Å². The van der Waals surface area contributed by atoms with E-state index >= 15 is 0 Å². The minimum absolute atomic E-state index is 0.290. The Morgan fingerprint density at radius 1 is 1.21 bits per heavy atom. The van der Waals surface area contributed by atoms with Gasteiger partial charge in [0.05, 0.1) is 4.91 Å². The summed E-state index contributed by atoms with van der Waals surface area (Å²) >= 11 is 6.24. The SMILES string of the molecule is O=C(O)CN1C(=O)/C(=C/c2ccc(N3CCCCC3)cc2)SC1=S. The number of carbonyl (C=O) groups excluding carboxylic acids is 1. The van der Waals surface area contributed by atoms with Crippen LogP contribution in [0.25, 0.3) is 6.08 Å². The second kappa shape index (κ2) is 7.36. The standard InChI is InChI=1S/C17H18N2O3S2/c20-15(21)11-19-16(22)14(24-17(19)23)10-12-4-6-13(7-5-12)18-8-2-1-3-9-18/h4-7,10H,1-3,8-9,11H2,(H,20,21)/b14-10-. The molecule has 7 heteroatoms. The number of carboxylic acids is 1. The molecule has 2 saturated heterocycles. The summed E-state index contributed by atoms with van der Waals surface area (Å²) in [5, 5.41) is 8.85. The summed E-state index contributed by atoms with van der Waals surface area (Å²) in [4.78, 5) is 27.0. The Hall–Kier alpha value is -1.86. The number of thioether (sulfide) groups is 1. The summed E-state index contributed by atoms with van der Waals surface area (Å²) < 4.78 is 0.290. The zero-order valence-corrected chi connectivity index (χ0v) is 14.7. The first-order chi connectivity index (χ1) is 11.5. The zero-order chi connectivity index (χ0) is 17.1. The Kier molecular flexibility index (Phi) is 5.20. The molecule has 1 amide bonds. The Morgan fingerprint density at radius 2 is 1.88 bits per heavy atom. The molecule has 0 unspecified atom stereocenters. The van der Waals surface area contributed by atoms with Crippen LogP contribution in [0.1, 0.15) is 24.8 Å². The minimum Gasteiger partial charge on any atom is -0.480 e. The van der Waals surface area contributed by atoms with Gasteiger partial charge in [0.15, 0.2) is 0 Å². The monoisotopic (exact) mass is 362 g/mol. The van der Waals surface area contributed by atoms with Crippen LogP contribution in [-0.2, 0) is 9.59 Å². The summed E-state index contributed by atoms with van der Waals surface area (Å²) in [6.07, 6.45) is 5.52. The number of rotatable bonds is 4. The third-order valence-corrected chi connectivity index (χ3v) is 5.46. The van der Waals surface area contributed by atoms with Gasteiger partial charge in [-0.25, -0.2) is 0 Å². The Morgan fingerprint density at radius 3 is 2.50 bits per heavy atom. The lowest BCUT2D eigenvalue weighted by atomic mass is 10.1. The van der Waals surface area contributed by atoms with Crippen LogP contribution in [0.3, 0.4) is 0 Å². The number of hydrogen-bond donors (Lipinski definition) is 1. The van der Waals surface area contributed by atoms with Gasteiger partial charge < -0.3 is 10.0 Å². The van der Waals surface area contributed by atoms with Crippen LogP contribution in [0.15, 0.2) is 29.2 Å². The van der Waals surface area contributed by atoms with Gasteiger partial charge in [0.2, 0.25) is 0 Å². The number of thiocarbonyl (C=S) groups is 1. The highest BCUT2D eigenvalue weighted by atomic mass is 32.2. The molecule has 0 spiro atoms. The summed E-state index contributed by atoms with van der Waals surface area (Å²) in [5.74, 6) is -1.41. The zero-order valence-electron chi connectivity index (χ0n) is 13.1. The summed E-state index contributed by atoms with van der Waals surface area (Å²) in [6, 6.07) is 8.09. The van der Waals surface area contributed by atoms with Gasteiger partial charge in [-0.2, -0.15) is 0 Å². The Labute approximate surface area is 150 Å². The van der Waals surface area contributed by atoms with E-state index in [0.29, 0.717) is 9.23 Å². The van der Waals surface area contributed by atoms with E-state index in [1.807, 2.05) is 12.1 Å². The van der Waals surface area contributed by atoms with Crippen molar-refractivity contribution in [2.24, 2.45) is 0 Å². The number of carboxylic acid groups (broad SMARTS) is 1. The van der Waals surface area contributed by atoms with Crippen LogP contribution in [0.5, 0.6) is 0 Å². The van der Waals surface area contributed by atoms with Gasteiger partial charge in [-0.15, -0.1) is 0 Å². The number of aliphatic carboxylic acids is 1. The molecule has 0 aromatic heterocycles. The van der Waals surface area contributed by atoms with Crippen LogP contribution >= 0.6 is 24.0 Å². The molecule has 0 radical (unpaired) electrons. The highest BCUT2D eigenvalue weighted by Crippen LogP contribution is 2.32. The highest BCUT2D eigenvalue weighted by molar-refractivity contribution is 8.26. The highest BCUT2D eigenvalue weighted by Gasteiger charge is 2.33. The van der Waals surface area contributed by atoms with Gasteiger partial charge in [0.1, 0.15) is 10.9 Å². The minimum atomic E-state index is -1.07. The molecule has 0 saturated carbocycles. The second-order valence-corrected chi connectivity index (χ2v) is 7.48. The van der Waals surface area contributed by atoms with E-state index < -0.39 is 12.5 Å². The van der Waals surface area contributed by atoms with Crippen LogP contribution in [0.4, 0.5) is 5.69 Å². The van der Waals surface area contributed by atoms with Crippen molar-refractivity contribution >= 4 is 51.9 Å². The molecule has 0 atom stereocenters. The average Bonchev–Trinajstić information content (AvgIpc) is 2.83. The Balaban J connectivity index is 1.73. The molecule has 1 aromatic carbocycles. The summed E-state index contributed by atoms with van der Waals surface area (Å²) in [7, 11) is 0. The smallest absolute Gasteiger partial charge is 0.323 e. The maximum Gasteiger partial charge on any atom is 0.323 e. The Bertz CT molecular complexity index is 694. The first kappa shape index (κ1) is 17.0. The van der Waals surface area contributed by atoms with Crippen molar-refractivity contribution in [3.8, 4) is 0 Å². The van der Waals surface area contributed by atoms with Gasteiger partial charge in [-0.1, -0.05) is 36.1 Å². The van der Waals surface area contributed by atoms with Crippen LogP contribution in [0, 0.1) is 0 Å². The van der Waals surface area contributed by atoms with Gasteiger partial charge in [0, 0.05) is 18.8 Å². The fourth-order valence-corrected chi connectivity index (χ4v) is 4.11. The fraction of sp³-hybridized carbons (Fsp3) is 0.353. The van der Waals surface area contributed by atoms with E-state index in [2.05, 4.69) is 17.0 Å². The third-order valence-electron chi connectivity index (χ3n) is 4.08. The number of hydrogen-bond acceptors (Lipinski definition) is 5. The van der Waals surface area contributed by atoms with Gasteiger partial charge >= 0.3 is 5.97 Å². The number of amides is 1. The molecule has 5 nitrogen and oxygen atoms in total. The molecule has 0 bridgehead atoms. The van der Waals surface area contributed by atoms with Crippen LogP contribution < -0.4 is 4.90 Å². The summed E-state index contributed by atoms with van der Waals surface area (Å²) in [5.41, 5.74) is 2.11. The molecule has 2 aliphatic rings. The lowest BCUT2D eigenvalue weighted by molar-refractivity contribution is -0.140. The number of benzene rings is 1. The van der Waals surface area contributed by atoms with Crippen molar-refractivity contribution in [2.45, 2.75) is 19.3 Å². The number of carbonyl (C=O) groups is 2. The molecule has 1 aromatic rings. The normalized spacial score (nSPS) is 20.1. The van der Waals surface area contributed by atoms with Crippen molar-refractivity contribution < 1.29 is 14.7 Å². The first-order valence-corrected chi connectivity index (χ1v) is 9.09. The van der Waals surface area contributed by atoms with E-state index in [1.165, 1.54) is 24.9 Å². The van der Waals surface area contributed by atoms with E-state index in [-0.39, 0.29) is 5.91 Å². The van der Waals surface area contributed by atoms with E-state index in [1.54, 1.807) is 6.08 Å². The van der Waals surface area contributed by atoms with Gasteiger partial charge in [-0.3, -0.25) is 14.5 Å².